The van der Waals surface area contributed by atoms with Crippen molar-refractivity contribution in [1.29, 1.82) is 0 Å². The van der Waals surface area contributed by atoms with E-state index in [1.165, 1.54) is 5.56 Å². The van der Waals surface area contributed by atoms with Crippen molar-refractivity contribution in [2.24, 2.45) is 0 Å². The summed E-state index contributed by atoms with van der Waals surface area (Å²) in [5.41, 5.74) is 1.20. The number of hydrogen-bond acceptors (Lipinski definition) is 2. The van der Waals surface area contributed by atoms with Crippen LogP contribution in [0.1, 0.15) is 24.8 Å². The fourth-order valence-electron chi connectivity index (χ4n) is 1.36. The summed E-state index contributed by atoms with van der Waals surface area (Å²) < 4.78 is 0. The second-order valence-corrected chi connectivity index (χ2v) is 4.39. The standard InChI is InChI=1S/C12H17BrN2O/c13-7-2-1-3-12(16)15-10-6-11-4-8-14-9-5-11/h4-5,8-9H,1-3,6-7,10H2,(H,15,16). The SMILES string of the molecule is O=C(CCCCBr)NCCc1ccncc1. The molecule has 3 nitrogen and oxygen atoms in total. The summed E-state index contributed by atoms with van der Waals surface area (Å²) in [6.07, 6.45) is 7.04. The van der Waals surface area contributed by atoms with E-state index in [4.69, 9.17) is 0 Å². The minimum atomic E-state index is 0.148. The maximum Gasteiger partial charge on any atom is 0.220 e. The number of rotatable bonds is 7. The highest BCUT2D eigenvalue weighted by molar-refractivity contribution is 9.09. The van der Waals surface area contributed by atoms with Gasteiger partial charge in [0.2, 0.25) is 5.91 Å². The zero-order valence-electron chi connectivity index (χ0n) is 9.29. The van der Waals surface area contributed by atoms with E-state index in [1.54, 1.807) is 12.4 Å². The first-order chi connectivity index (χ1) is 7.83. The molecule has 0 radical (unpaired) electrons. The lowest BCUT2D eigenvalue weighted by molar-refractivity contribution is -0.121. The van der Waals surface area contributed by atoms with Crippen molar-refractivity contribution >= 4 is 21.8 Å². The monoisotopic (exact) mass is 284 g/mol. The van der Waals surface area contributed by atoms with Gasteiger partial charge in [0.05, 0.1) is 0 Å². The first kappa shape index (κ1) is 13.2. The molecule has 1 heterocycles. The van der Waals surface area contributed by atoms with Crippen LogP contribution in [0.25, 0.3) is 0 Å². The molecular formula is C12H17BrN2O. The van der Waals surface area contributed by atoms with E-state index in [2.05, 4.69) is 26.2 Å². The number of halogens is 1. The van der Waals surface area contributed by atoms with Crippen molar-refractivity contribution in [3.8, 4) is 0 Å². The van der Waals surface area contributed by atoms with Crippen LogP contribution in [0.2, 0.25) is 0 Å². The van der Waals surface area contributed by atoms with E-state index >= 15 is 0 Å². The van der Waals surface area contributed by atoms with Crippen LogP contribution in [-0.4, -0.2) is 22.8 Å². The Morgan fingerprint density at radius 3 is 2.75 bits per heavy atom. The number of carbonyl (C=O) groups is 1. The maximum absolute atomic E-state index is 11.4. The van der Waals surface area contributed by atoms with Crippen LogP contribution in [-0.2, 0) is 11.2 Å². The molecule has 0 aliphatic rings. The molecule has 4 heteroatoms. The minimum absolute atomic E-state index is 0.148. The summed E-state index contributed by atoms with van der Waals surface area (Å²) in [5, 5.41) is 3.88. The minimum Gasteiger partial charge on any atom is -0.356 e. The predicted octanol–water partition coefficient (Wildman–Crippen LogP) is 2.31. The van der Waals surface area contributed by atoms with E-state index < -0.39 is 0 Å². The number of alkyl halides is 1. The molecule has 88 valence electrons. The highest BCUT2D eigenvalue weighted by atomic mass is 79.9. The lowest BCUT2D eigenvalue weighted by Crippen LogP contribution is -2.25. The van der Waals surface area contributed by atoms with E-state index in [1.807, 2.05) is 12.1 Å². The number of nitrogens with one attached hydrogen (secondary N) is 1. The Bertz CT molecular complexity index is 303. The number of hydrogen-bond donors (Lipinski definition) is 1. The summed E-state index contributed by atoms with van der Waals surface area (Å²) in [6.45, 7) is 0.706. The fraction of sp³-hybridized carbons (Fsp3) is 0.500. The molecule has 1 N–H and O–H groups in total. The second kappa shape index (κ2) is 8.28. The number of aromatic nitrogens is 1. The van der Waals surface area contributed by atoms with Gasteiger partial charge in [0.1, 0.15) is 0 Å². The third kappa shape index (κ3) is 5.85. The van der Waals surface area contributed by atoms with Crippen molar-refractivity contribution in [1.82, 2.24) is 10.3 Å². The predicted molar refractivity (Wildman–Crippen MR) is 68.6 cm³/mol. The quantitative estimate of drug-likeness (QED) is 0.617. The zero-order chi connectivity index (χ0) is 11.6. The molecule has 1 aromatic rings. The number of unbranched alkanes of at least 4 members (excludes halogenated alkanes) is 1. The summed E-state index contributed by atoms with van der Waals surface area (Å²) in [6, 6.07) is 3.94. The highest BCUT2D eigenvalue weighted by Crippen LogP contribution is 1.99. The Morgan fingerprint density at radius 2 is 2.06 bits per heavy atom. The maximum atomic E-state index is 11.4. The Labute approximate surface area is 105 Å². The Morgan fingerprint density at radius 1 is 1.31 bits per heavy atom. The molecule has 0 spiro atoms. The Kier molecular flexibility index (Phi) is 6.81. The van der Waals surface area contributed by atoms with Crippen LogP contribution in [0.3, 0.4) is 0 Å². The first-order valence-electron chi connectivity index (χ1n) is 5.54. The van der Waals surface area contributed by atoms with Gasteiger partial charge in [-0.05, 0) is 37.0 Å². The van der Waals surface area contributed by atoms with Gasteiger partial charge in [0.25, 0.3) is 0 Å². The molecule has 0 bridgehead atoms. The smallest absolute Gasteiger partial charge is 0.220 e. The molecule has 0 saturated carbocycles. The largest absolute Gasteiger partial charge is 0.356 e. The van der Waals surface area contributed by atoms with Gasteiger partial charge in [0, 0.05) is 30.7 Å². The summed E-state index contributed by atoms with van der Waals surface area (Å²) in [4.78, 5) is 15.3. The van der Waals surface area contributed by atoms with Gasteiger partial charge in [-0.3, -0.25) is 9.78 Å². The van der Waals surface area contributed by atoms with Crippen molar-refractivity contribution in [2.45, 2.75) is 25.7 Å². The highest BCUT2D eigenvalue weighted by Gasteiger charge is 2.00. The van der Waals surface area contributed by atoms with Gasteiger partial charge in [-0.1, -0.05) is 15.9 Å². The molecule has 0 aliphatic carbocycles. The summed E-state index contributed by atoms with van der Waals surface area (Å²) in [7, 11) is 0. The summed E-state index contributed by atoms with van der Waals surface area (Å²) >= 11 is 3.35. The van der Waals surface area contributed by atoms with Crippen LogP contribution in [0.15, 0.2) is 24.5 Å². The van der Waals surface area contributed by atoms with Crippen LogP contribution < -0.4 is 5.32 Å². The van der Waals surface area contributed by atoms with Crippen LogP contribution in [0, 0.1) is 0 Å². The fourth-order valence-corrected chi connectivity index (χ4v) is 1.76. The van der Waals surface area contributed by atoms with Crippen molar-refractivity contribution in [3.05, 3.63) is 30.1 Å². The number of amides is 1. The number of carbonyl (C=O) groups excluding carboxylic acids is 1. The molecule has 0 unspecified atom stereocenters. The number of pyridine rings is 1. The van der Waals surface area contributed by atoms with E-state index in [0.717, 1.165) is 24.6 Å². The van der Waals surface area contributed by atoms with E-state index in [-0.39, 0.29) is 5.91 Å². The molecule has 1 aromatic heterocycles. The average Bonchev–Trinajstić information content (AvgIpc) is 2.31. The normalized spacial score (nSPS) is 10.1. The van der Waals surface area contributed by atoms with Gasteiger partial charge in [-0.2, -0.15) is 0 Å². The third-order valence-corrected chi connectivity index (χ3v) is 2.83. The van der Waals surface area contributed by atoms with Gasteiger partial charge in [-0.25, -0.2) is 0 Å². The second-order valence-electron chi connectivity index (χ2n) is 3.60. The van der Waals surface area contributed by atoms with Crippen LogP contribution >= 0.6 is 15.9 Å². The Balaban J connectivity index is 2.09. The van der Waals surface area contributed by atoms with Gasteiger partial charge < -0.3 is 5.32 Å². The van der Waals surface area contributed by atoms with Crippen molar-refractivity contribution in [2.75, 3.05) is 11.9 Å². The van der Waals surface area contributed by atoms with Gasteiger partial charge >= 0.3 is 0 Å². The van der Waals surface area contributed by atoms with Crippen LogP contribution in [0.4, 0.5) is 0 Å². The topological polar surface area (TPSA) is 42.0 Å². The van der Waals surface area contributed by atoms with Crippen molar-refractivity contribution in [3.63, 3.8) is 0 Å². The lowest BCUT2D eigenvalue weighted by Gasteiger charge is -2.04. The molecule has 0 fully saturated rings. The third-order valence-electron chi connectivity index (χ3n) is 2.27. The molecule has 0 aromatic carbocycles. The Hall–Kier alpha value is -0.900. The molecule has 0 saturated heterocycles. The lowest BCUT2D eigenvalue weighted by atomic mass is 10.2. The first-order valence-corrected chi connectivity index (χ1v) is 6.66. The molecule has 0 aliphatic heterocycles. The molecule has 16 heavy (non-hydrogen) atoms. The van der Waals surface area contributed by atoms with Crippen molar-refractivity contribution < 1.29 is 4.79 Å². The molecule has 0 atom stereocenters. The van der Waals surface area contributed by atoms with Gasteiger partial charge in [0.15, 0.2) is 0 Å². The molecule has 1 amide bonds. The zero-order valence-corrected chi connectivity index (χ0v) is 10.9. The van der Waals surface area contributed by atoms with E-state index in [9.17, 15) is 4.79 Å². The molecular weight excluding hydrogens is 268 g/mol. The van der Waals surface area contributed by atoms with Crippen LogP contribution in [0.5, 0.6) is 0 Å². The summed E-state index contributed by atoms with van der Waals surface area (Å²) in [5.74, 6) is 0.148. The van der Waals surface area contributed by atoms with Gasteiger partial charge in [-0.15, -0.1) is 0 Å². The number of nitrogens with zero attached hydrogens (tertiary/aromatic N) is 1. The molecule has 1 rings (SSSR count). The van der Waals surface area contributed by atoms with E-state index in [0.29, 0.717) is 13.0 Å². The average molecular weight is 285 g/mol.